The lowest BCUT2D eigenvalue weighted by Gasteiger charge is -2.31. The largest absolute Gasteiger partial charge is 0.376 e. The van der Waals surface area contributed by atoms with Gasteiger partial charge in [-0.05, 0) is 60.0 Å². The zero-order valence-corrected chi connectivity index (χ0v) is 13.1. The number of hydrogen-bond acceptors (Lipinski definition) is 3. The SMILES string of the molecule is O=C(NC(C1CC1)C1CCCCO1)c1cc(Br)cs1. The number of hydrogen-bond donors (Lipinski definition) is 1. The third-order valence-corrected chi connectivity index (χ3v) is 5.52. The second-order valence-corrected chi connectivity index (χ2v) is 7.20. The molecule has 2 aliphatic rings. The standard InChI is InChI=1S/C14H18BrNO2S/c15-10-7-12(19-8-10)14(17)16-13(9-4-5-9)11-3-1-2-6-18-11/h7-9,11,13H,1-6H2,(H,16,17). The average Bonchev–Trinajstić information content (AvgIpc) is 3.18. The summed E-state index contributed by atoms with van der Waals surface area (Å²) < 4.78 is 6.83. The molecule has 1 aliphatic heterocycles. The molecule has 0 spiro atoms. The van der Waals surface area contributed by atoms with E-state index >= 15 is 0 Å². The highest BCUT2D eigenvalue weighted by molar-refractivity contribution is 9.10. The van der Waals surface area contributed by atoms with E-state index in [0.29, 0.717) is 5.92 Å². The van der Waals surface area contributed by atoms with Crippen LogP contribution in [-0.2, 0) is 4.74 Å². The van der Waals surface area contributed by atoms with Crippen LogP contribution in [0.1, 0.15) is 41.8 Å². The Morgan fingerprint density at radius 2 is 2.26 bits per heavy atom. The van der Waals surface area contributed by atoms with Crippen molar-refractivity contribution in [3.63, 3.8) is 0 Å². The maximum atomic E-state index is 12.3. The van der Waals surface area contributed by atoms with Gasteiger partial charge in [0.1, 0.15) is 0 Å². The molecule has 3 rings (SSSR count). The van der Waals surface area contributed by atoms with Crippen molar-refractivity contribution in [1.29, 1.82) is 0 Å². The highest BCUT2D eigenvalue weighted by atomic mass is 79.9. The van der Waals surface area contributed by atoms with Gasteiger partial charge in [0.05, 0.1) is 17.0 Å². The molecule has 0 bridgehead atoms. The molecule has 2 unspecified atom stereocenters. The number of rotatable bonds is 4. The average molecular weight is 344 g/mol. The van der Waals surface area contributed by atoms with Gasteiger partial charge in [-0.15, -0.1) is 11.3 Å². The van der Waals surface area contributed by atoms with Crippen LogP contribution in [0.5, 0.6) is 0 Å². The van der Waals surface area contributed by atoms with Crippen molar-refractivity contribution >= 4 is 33.2 Å². The third kappa shape index (κ3) is 3.38. The maximum absolute atomic E-state index is 12.3. The van der Waals surface area contributed by atoms with Crippen LogP contribution in [0.2, 0.25) is 0 Å². The first-order chi connectivity index (χ1) is 9.24. The predicted molar refractivity (Wildman–Crippen MR) is 79.6 cm³/mol. The van der Waals surface area contributed by atoms with Gasteiger partial charge in [-0.1, -0.05) is 0 Å². The summed E-state index contributed by atoms with van der Waals surface area (Å²) >= 11 is 4.87. The highest BCUT2D eigenvalue weighted by Gasteiger charge is 2.38. The van der Waals surface area contributed by atoms with Crippen LogP contribution in [0.4, 0.5) is 0 Å². The zero-order chi connectivity index (χ0) is 13.2. The quantitative estimate of drug-likeness (QED) is 0.907. The molecule has 1 N–H and O–H groups in total. The Kier molecular flexibility index (Phi) is 4.24. The van der Waals surface area contributed by atoms with Gasteiger partial charge in [0.2, 0.25) is 0 Å². The number of carbonyl (C=O) groups is 1. The molecule has 1 amide bonds. The molecule has 2 atom stereocenters. The van der Waals surface area contributed by atoms with Gasteiger partial charge < -0.3 is 10.1 Å². The molecule has 1 aliphatic carbocycles. The Labute approximate surface area is 125 Å². The summed E-state index contributed by atoms with van der Waals surface area (Å²) in [6.07, 6.45) is 6.11. The molecule has 0 radical (unpaired) electrons. The van der Waals surface area contributed by atoms with Gasteiger partial charge in [-0.25, -0.2) is 0 Å². The van der Waals surface area contributed by atoms with Crippen molar-refractivity contribution in [3.05, 3.63) is 20.8 Å². The van der Waals surface area contributed by atoms with E-state index in [9.17, 15) is 4.79 Å². The lowest BCUT2D eigenvalue weighted by Crippen LogP contribution is -2.47. The van der Waals surface area contributed by atoms with Crippen molar-refractivity contribution in [2.24, 2.45) is 5.92 Å². The monoisotopic (exact) mass is 343 g/mol. The molecule has 0 aromatic carbocycles. The molecule has 5 heteroatoms. The topological polar surface area (TPSA) is 38.3 Å². The van der Waals surface area contributed by atoms with E-state index in [1.54, 1.807) is 0 Å². The van der Waals surface area contributed by atoms with Gasteiger partial charge in [0, 0.05) is 16.5 Å². The highest BCUT2D eigenvalue weighted by Crippen LogP contribution is 2.37. The van der Waals surface area contributed by atoms with Gasteiger partial charge in [0.15, 0.2) is 0 Å². The minimum Gasteiger partial charge on any atom is -0.376 e. The first-order valence-electron chi connectivity index (χ1n) is 6.90. The third-order valence-electron chi connectivity index (χ3n) is 3.83. The number of carbonyl (C=O) groups excluding carboxylic acids is 1. The second-order valence-electron chi connectivity index (χ2n) is 5.37. The van der Waals surface area contributed by atoms with E-state index in [4.69, 9.17) is 4.74 Å². The van der Waals surface area contributed by atoms with Crippen molar-refractivity contribution in [3.8, 4) is 0 Å². The molecule has 1 aromatic heterocycles. The summed E-state index contributed by atoms with van der Waals surface area (Å²) in [7, 11) is 0. The van der Waals surface area contributed by atoms with E-state index in [2.05, 4.69) is 21.2 Å². The molecule has 1 saturated heterocycles. The Morgan fingerprint density at radius 3 is 2.84 bits per heavy atom. The van der Waals surface area contributed by atoms with Gasteiger partial charge in [-0.3, -0.25) is 4.79 Å². The zero-order valence-electron chi connectivity index (χ0n) is 10.7. The number of thiophene rings is 1. The molecule has 104 valence electrons. The number of ether oxygens (including phenoxy) is 1. The Balaban J connectivity index is 1.65. The predicted octanol–water partition coefficient (Wildman–Crippen LogP) is 3.59. The molecule has 2 heterocycles. The first-order valence-corrected chi connectivity index (χ1v) is 8.58. The van der Waals surface area contributed by atoms with Gasteiger partial charge >= 0.3 is 0 Å². The summed E-state index contributed by atoms with van der Waals surface area (Å²) in [5.74, 6) is 0.664. The maximum Gasteiger partial charge on any atom is 0.261 e. The fourth-order valence-electron chi connectivity index (χ4n) is 2.67. The van der Waals surface area contributed by atoms with Crippen molar-refractivity contribution < 1.29 is 9.53 Å². The fourth-order valence-corrected chi connectivity index (χ4v) is 4.00. The second kappa shape index (κ2) is 5.94. The van der Waals surface area contributed by atoms with E-state index in [-0.39, 0.29) is 18.1 Å². The van der Waals surface area contributed by atoms with Crippen LogP contribution >= 0.6 is 27.3 Å². The van der Waals surface area contributed by atoms with Crippen molar-refractivity contribution in [1.82, 2.24) is 5.32 Å². The molecule has 1 saturated carbocycles. The molecular weight excluding hydrogens is 326 g/mol. The molecule has 19 heavy (non-hydrogen) atoms. The van der Waals surface area contributed by atoms with Crippen LogP contribution in [0, 0.1) is 5.92 Å². The van der Waals surface area contributed by atoms with E-state index < -0.39 is 0 Å². The lowest BCUT2D eigenvalue weighted by molar-refractivity contribution is -0.0114. The minimum atomic E-state index is 0.0433. The fraction of sp³-hybridized carbons (Fsp3) is 0.643. The minimum absolute atomic E-state index is 0.0433. The molecule has 1 aromatic rings. The Morgan fingerprint density at radius 1 is 1.42 bits per heavy atom. The number of nitrogens with one attached hydrogen (secondary N) is 1. The summed E-state index contributed by atoms with van der Waals surface area (Å²) in [6, 6.07) is 2.08. The summed E-state index contributed by atoms with van der Waals surface area (Å²) in [5.41, 5.74) is 0. The van der Waals surface area contributed by atoms with Gasteiger partial charge in [0.25, 0.3) is 5.91 Å². The normalized spacial score (nSPS) is 25.0. The van der Waals surface area contributed by atoms with Crippen LogP contribution < -0.4 is 5.32 Å². The van der Waals surface area contributed by atoms with E-state index in [0.717, 1.165) is 28.8 Å². The molecule has 2 fully saturated rings. The number of halogens is 1. The Bertz CT molecular complexity index is 452. The van der Waals surface area contributed by atoms with E-state index in [1.807, 2.05) is 11.4 Å². The van der Waals surface area contributed by atoms with Crippen molar-refractivity contribution in [2.75, 3.05) is 6.61 Å². The smallest absolute Gasteiger partial charge is 0.261 e. The lowest BCUT2D eigenvalue weighted by atomic mass is 9.98. The van der Waals surface area contributed by atoms with Crippen LogP contribution in [0.25, 0.3) is 0 Å². The van der Waals surface area contributed by atoms with Gasteiger partial charge in [-0.2, -0.15) is 0 Å². The van der Waals surface area contributed by atoms with Crippen LogP contribution in [-0.4, -0.2) is 24.7 Å². The summed E-state index contributed by atoms with van der Waals surface area (Å²) in [6.45, 7) is 0.842. The summed E-state index contributed by atoms with van der Waals surface area (Å²) in [4.78, 5) is 13.0. The van der Waals surface area contributed by atoms with Crippen LogP contribution in [0.3, 0.4) is 0 Å². The Hall–Kier alpha value is -0.390. The van der Waals surface area contributed by atoms with Crippen molar-refractivity contribution in [2.45, 2.75) is 44.2 Å². The number of amides is 1. The van der Waals surface area contributed by atoms with Crippen LogP contribution in [0.15, 0.2) is 15.9 Å². The first kappa shape index (κ1) is 13.6. The van der Waals surface area contributed by atoms with E-state index in [1.165, 1.54) is 30.6 Å². The summed E-state index contributed by atoms with van der Waals surface area (Å²) in [5, 5.41) is 5.15. The molecular formula is C14H18BrNO2S. The molecule has 3 nitrogen and oxygen atoms in total.